The number of phenolic OH excluding ortho intramolecular Hbond substituents is 1. The molecule has 17 heavy (non-hydrogen) atoms. The second-order valence-corrected chi connectivity index (χ2v) is 3.89. The van der Waals surface area contributed by atoms with Gasteiger partial charge in [0.15, 0.2) is 5.82 Å². The van der Waals surface area contributed by atoms with E-state index in [2.05, 4.69) is 15.2 Å². The minimum atomic E-state index is 0.0439. The summed E-state index contributed by atoms with van der Waals surface area (Å²) in [5.41, 5.74) is 0.772. The summed E-state index contributed by atoms with van der Waals surface area (Å²) in [6.07, 6.45) is 3.47. The lowest BCUT2D eigenvalue weighted by Crippen LogP contribution is -1.90. The first kappa shape index (κ1) is 10.0. The van der Waals surface area contributed by atoms with Gasteiger partial charge >= 0.3 is 0 Å². The highest BCUT2D eigenvalue weighted by Crippen LogP contribution is 2.28. The number of hydrogen-bond donors (Lipinski definition) is 1. The molecule has 0 saturated heterocycles. The van der Waals surface area contributed by atoms with E-state index < -0.39 is 0 Å². The monoisotopic (exact) mass is 246 g/mol. The number of halogens is 1. The van der Waals surface area contributed by atoms with Crippen LogP contribution < -0.4 is 0 Å². The highest BCUT2D eigenvalue weighted by molar-refractivity contribution is 6.32. The molecule has 84 valence electrons. The minimum Gasteiger partial charge on any atom is -0.506 e. The molecule has 0 spiro atoms. The van der Waals surface area contributed by atoms with E-state index in [4.69, 9.17) is 11.6 Å². The van der Waals surface area contributed by atoms with Crippen molar-refractivity contribution in [3.05, 3.63) is 41.7 Å². The Balaban J connectivity index is 2.24. The maximum absolute atomic E-state index is 9.37. The van der Waals surface area contributed by atoms with Gasteiger partial charge in [-0.3, -0.25) is 4.40 Å². The Kier molecular flexibility index (Phi) is 2.19. The van der Waals surface area contributed by atoms with E-state index >= 15 is 0 Å². The summed E-state index contributed by atoms with van der Waals surface area (Å²) in [5.74, 6) is 1.20. The van der Waals surface area contributed by atoms with Crippen molar-refractivity contribution in [1.29, 1.82) is 0 Å². The van der Waals surface area contributed by atoms with Gasteiger partial charge in [-0.1, -0.05) is 11.6 Å². The van der Waals surface area contributed by atoms with Gasteiger partial charge in [0.25, 0.3) is 5.78 Å². The van der Waals surface area contributed by atoms with E-state index in [-0.39, 0.29) is 10.8 Å². The molecule has 0 unspecified atom stereocenters. The quantitative estimate of drug-likeness (QED) is 0.715. The third-order valence-electron chi connectivity index (χ3n) is 2.39. The molecule has 0 amide bonds. The second-order valence-electron chi connectivity index (χ2n) is 3.48. The highest BCUT2D eigenvalue weighted by Gasteiger charge is 2.09. The first-order valence-electron chi connectivity index (χ1n) is 4.90. The van der Waals surface area contributed by atoms with Crippen LogP contribution in [0.25, 0.3) is 17.2 Å². The van der Waals surface area contributed by atoms with Gasteiger partial charge in [0.05, 0.1) is 5.02 Å². The maximum Gasteiger partial charge on any atom is 0.255 e. The van der Waals surface area contributed by atoms with Crippen LogP contribution in [0, 0.1) is 0 Å². The van der Waals surface area contributed by atoms with E-state index in [1.54, 1.807) is 28.8 Å². The first-order chi connectivity index (χ1) is 8.25. The van der Waals surface area contributed by atoms with Crippen LogP contribution in [0.4, 0.5) is 0 Å². The molecule has 0 aliphatic heterocycles. The van der Waals surface area contributed by atoms with E-state index in [0.717, 1.165) is 5.56 Å². The molecular formula is C11H7ClN4O. The molecule has 2 aromatic heterocycles. The molecule has 0 saturated carbocycles. The molecule has 3 aromatic rings. The summed E-state index contributed by atoms with van der Waals surface area (Å²) in [6.45, 7) is 0. The van der Waals surface area contributed by atoms with E-state index in [9.17, 15) is 5.11 Å². The molecule has 1 N–H and O–H groups in total. The van der Waals surface area contributed by atoms with Gasteiger partial charge in [0.1, 0.15) is 5.75 Å². The zero-order valence-electron chi connectivity index (χ0n) is 8.58. The SMILES string of the molecule is Oc1ccc(-c2nnc3ncccn23)cc1Cl. The van der Waals surface area contributed by atoms with Gasteiger partial charge in [-0.25, -0.2) is 4.98 Å². The number of aromatic hydroxyl groups is 1. The second kappa shape index (κ2) is 3.71. The van der Waals surface area contributed by atoms with Crippen LogP contribution in [0.3, 0.4) is 0 Å². The molecule has 0 fully saturated rings. The predicted octanol–water partition coefficient (Wildman–Crippen LogP) is 2.15. The maximum atomic E-state index is 9.37. The first-order valence-corrected chi connectivity index (χ1v) is 5.28. The van der Waals surface area contributed by atoms with Gasteiger partial charge in [-0.2, -0.15) is 0 Å². The molecular weight excluding hydrogens is 240 g/mol. The summed E-state index contributed by atoms with van der Waals surface area (Å²) in [4.78, 5) is 4.07. The standard InChI is InChI=1S/C11H7ClN4O/c12-8-6-7(2-3-9(8)17)10-14-15-11-13-4-1-5-16(10)11/h1-6,17H. The van der Waals surface area contributed by atoms with Crippen LogP contribution in [-0.4, -0.2) is 24.7 Å². The summed E-state index contributed by atoms with van der Waals surface area (Å²) < 4.78 is 1.75. The Hall–Kier alpha value is -2.14. The fourth-order valence-corrected chi connectivity index (χ4v) is 1.77. The Bertz CT molecular complexity index is 695. The number of phenols is 1. The van der Waals surface area contributed by atoms with Crippen LogP contribution >= 0.6 is 11.6 Å². The summed E-state index contributed by atoms with van der Waals surface area (Å²) in [5, 5.41) is 17.6. The molecule has 0 aliphatic carbocycles. The number of fused-ring (bicyclic) bond motifs is 1. The van der Waals surface area contributed by atoms with Crippen molar-refractivity contribution >= 4 is 17.4 Å². The van der Waals surface area contributed by atoms with Crippen molar-refractivity contribution < 1.29 is 5.11 Å². The minimum absolute atomic E-state index is 0.0439. The Morgan fingerprint density at radius 1 is 1.24 bits per heavy atom. The lowest BCUT2D eigenvalue weighted by Gasteiger charge is -2.01. The van der Waals surface area contributed by atoms with Crippen LogP contribution in [0.2, 0.25) is 5.02 Å². The average Bonchev–Trinajstić information content (AvgIpc) is 2.76. The lowest BCUT2D eigenvalue weighted by atomic mass is 10.2. The lowest BCUT2D eigenvalue weighted by molar-refractivity contribution is 0.475. The van der Waals surface area contributed by atoms with Gasteiger partial charge in [0, 0.05) is 18.0 Å². The van der Waals surface area contributed by atoms with E-state index in [1.165, 1.54) is 6.07 Å². The molecule has 0 aliphatic rings. The van der Waals surface area contributed by atoms with Crippen molar-refractivity contribution in [2.45, 2.75) is 0 Å². The molecule has 1 aromatic carbocycles. The third-order valence-corrected chi connectivity index (χ3v) is 2.70. The number of aromatic nitrogens is 4. The normalized spacial score (nSPS) is 10.9. The molecule has 2 heterocycles. The predicted molar refractivity (Wildman–Crippen MR) is 62.9 cm³/mol. The molecule has 0 atom stereocenters. The van der Waals surface area contributed by atoms with Gasteiger partial charge in [-0.15, -0.1) is 10.2 Å². The van der Waals surface area contributed by atoms with Crippen LogP contribution in [0.5, 0.6) is 5.75 Å². The molecule has 0 radical (unpaired) electrons. The van der Waals surface area contributed by atoms with E-state index in [1.807, 2.05) is 6.20 Å². The number of hydrogen-bond acceptors (Lipinski definition) is 4. The van der Waals surface area contributed by atoms with Crippen molar-refractivity contribution in [2.75, 3.05) is 0 Å². The Morgan fingerprint density at radius 3 is 2.94 bits per heavy atom. The molecule has 3 rings (SSSR count). The van der Waals surface area contributed by atoms with Crippen molar-refractivity contribution in [1.82, 2.24) is 19.6 Å². The summed E-state index contributed by atoms with van der Waals surface area (Å²) in [6, 6.07) is 6.68. The van der Waals surface area contributed by atoms with Crippen molar-refractivity contribution in [3.63, 3.8) is 0 Å². The van der Waals surface area contributed by atoms with Gasteiger partial charge in [0.2, 0.25) is 0 Å². The zero-order chi connectivity index (χ0) is 11.8. The fourth-order valence-electron chi connectivity index (χ4n) is 1.59. The summed E-state index contributed by atoms with van der Waals surface area (Å²) in [7, 11) is 0. The zero-order valence-corrected chi connectivity index (χ0v) is 9.33. The molecule has 5 nitrogen and oxygen atoms in total. The number of benzene rings is 1. The van der Waals surface area contributed by atoms with Crippen molar-refractivity contribution in [3.8, 4) is 17.1 Å². The van der Waals surface area contributed by atoms with Crippen LogP contribution in [0.15, 0.2) is 36.7 Å². The Morgan fingerprint density at radius 2 is 2.12 bits per heavy atom. The van der Waals surface area contributed by atoms with Crippen LogP contribution in [0.1, 0.15) is 0 Å². The molecule has 0 bridgehead atoms. The third kappa shape index (κ3) is 1.60. The summed E-state index contributed by atoms with van der Waals surface area (Å²) >= 11 is 5.86. The topological polar surface area (TPSA) is 63.3 Å². The van der Waals surface area contributed by atoms with Gasteiger partial charge in [-0.05, 0) is 24.3 Å². The largest absolute Gasteiger partial charge is 0.506 e. The van der Waals surface area contributed by atoms with Gasteiger partial charge < -0.3 is 5.11 Å². The Labute approximate surface area is 101 Å². The fraction of sp³-hybridized carbons (Fsp3) is 0. The van der Waals surface area contributed by atoms with Crippen LogP contribution in [-0.2, 0) is 0 Å². The van der Waals surface area contributed by atoms with Crippen molar-refractivity contribution in [2.24, 2.45) is 0 Å². The number of nitrogens with zero attached hydrogens (tertiary/aromatic N) is 4. The molecule has 6 heteroatoms. The number of rotatable bonds is 1. The smallest absolute Gasteiger partial charge is 0.255 e. The average molecular weight is 247 g/mol. The highest BCUT2D eigenvalue weighted by atomic mass is 35.5. The van der Waals surface area contributed by atoms with E-state index in [0.29, 0.717) is 11.6 Å².